The zero-order valence-corrected chi connectivity index (χ0v) is 8.02. The lowest BCUT2D eigenvalue weighted by molar-refractivity contribution is 1.19. The molecule has 0 saturated carbocycles. The van der Waals surface area contributed by atoms with Crippen LogP contribution in [0.5, 0.6) is 0 Å². The summed E-state index contributed by atoms with van der Waals surface area (Å²) in [6.45, 7) is 8.45. The molecule has 0 aromatic heterocycles. The third-order valence-electron chi connectivity index (χ3n) is 1.41. The Hall–Kier alpha value is -0.780. The Kier molecular flexibility index (Phi) is 5.54. The van der Waals surface area contributed by atoms with E-state index in [-0.39, 0.29) is 0 Å². The lowest BCUT2D eigenvalue weighted by atomic mass is 10.1. The highest BCUT2D eigenvalue weighted by atomic mass is 13.9. The smallest absolute Gasteiger partial charge is 0.0374 e. The van der Waals surface area contributed by atoms with Gasteiger partial charge in [0.25, 0.3) is 0 Å². The van der Waals surface area contributed by atoms with Gasteiger partial charge in [0.1, 0.15) is 0 Å². The van der Waals surface area contributed by atoms with Crippen LogP contribution in [0.1, 0.15) is 34.1 Å². The summed E-state index contributed by atoms with van der Waals surface area (Å²) in [5.41, 5.74) is 2.66. The Morgan fingerprint density at radius 3 is 2.27 bits per heavy atom. The van der Waals surface area contributed by atoms with Crippen LogP contribution in [0.25, 0.3) is 0 Å². The fourth-order valence-electron chi connectivity index (χ4n) is 1.05. The maximum atomic E-state index is 2.23. The second-order valence-electron chi connectivity index (χ2n) is 2.74. The predicted octanol–water partition coefficient (Wildman–Crippen LogP) is 3.87. The molecule has 0 aliphatic heterocycles. The summed E-state index contributed by atoms with van der Waals surface area (Å²) in [6.07, 6.45) is 9.72. The molecule has 0 spiro atoms. The summed E-state index contributed by atoms with van der Waals surface area (Å²) in [6, 6.07) is 0. The van der Waals surface area contributed by atoms with E-state index in [0.717, 1.165) is 6.42 Å². The highest BCUT2D eigenvalue weighted by molar-refractivity contribution is 5.26. The van der Waals surface area contributed by atoms with E-state index in [1.54, 1.807) is 0 Å². The van der Waals surface area contributed by atoms with Gasteiger partial charge in [0.2, 0.25) is 0 Å². The highest BCUT2D eigenvalue weighted by Gasteiger charge is 1.82. The fourth-order valence-corrected chi connectivity index (χ4v) is 1.05. The van der Waals surface area contributed by atoms with E-state index in [1.165, 1.54) is 11.1 Å². The van der Waals surface area contributed by atoms with Crippen molar-refractivity contribution in [3.05, 3.63) is 35.5 Å². The first-order chi connectivity index (χ1) is 5.20. The van der Waals surface area contributed by atoms with Crippen molar-refractivity contribution in [1.82, 2.24) is 0 Å². The molecule has 0 fully saturated rings. The molecule has 0 aliphatic rings. The van der Waals surface area contributed by atoms with E-state index < -0.39 is 0 Å². The van der Waals surface area contributed by atoms with E-state index in [1.807, 2.05) is 6.92 Å². The molecule has 0 atom stereocenters. The van der Waals surface area contributed by atoms with Gasteiger partial charge in [-0.3, -0.25) is 0 Å². The normalized spacial score (nSPS) is 14.5. The van der Waals surface area contributed by atoms with Crippen molar-refractivity contribution in [2.75, 3.05) is 0 Å². The molecule has 0 unspecified atom stereocenters. The van der Waals surface area contributed by atoms with Gasteiger partial charge < -0.3 is 0 Å². The molecule has 0 heterocycles. The minimum absolute atomic E-state index is 1.12. The minimum Gasteiger partial charge on any atom is -0.0874 e. The Bertz CT molecular complexity index is 180. The van der Waals surface area contributed by atoms with Crippen molar-refractivity contribution in [3.8, 4) is 0 Å². The Balaban J connectivity index is 4.18. The summed E-state index contributed by atoms with van der Waals surface area (Å²) in [4.78, 5) is 0. The molecule has 0 aliphatic carbocycles. The molecule has 0 aromatic rings. The van der Waals surface area contributed by atoms with Crippen LogP contribution in [0.15, 0.2) is 35.5 Å². The number of hydrogen-bond acceptors (Lipinski definition) is 0. The van der Waals surface area contributed by atoms with Gasteiger partial charge in [0.15, 0.2) is 0 Å². The fraction of sp³-hybridized carbons (Fsp3) is 0.455. The monoisotopic (exact) mass is 150 g/mol. The standard InChI is InChI=1S/C11H18/c1-5-7-10(3)9-11(4)8-6-2/h5,7-9H,6H2,1-4H3/b7-5+,10-9+,11-8+. The number of allylic oxidation sites excluding steroid dienone is 6. The average Bonchev–Trinajstić information content (AvgIpc) is 1.87. The minimum atomic E-state index is 1.12. The Labute approximate surface area is 70.3 Å². The molecule has 0 aromatic carbocycles. The van der Waals surface area contributed by atoms with Gasteiger partial charge in [-0.25, -0.2) is 0 Å². The van der Waals surface area contributed by atoms with Crippen LogP contribution in [-0.2, 0) is 0 Å². The summed E-state index contributed by atoms with van der Waals surface area (Å²) in [7, 11) is 0. The Morgan fingerprint density at radius 2 is 1.82 bits per heavy atom. The van der Waals surface area contributed by atoms with Gasteiger partial charge in [-0.2, -0.15) is 0 Å². The van der Waals surface area contributed by atoms with Crippen LogP contribution < -0.4 is 0 Å². The van der Waals surface area contributed by atoms with E-state index in [9.17, 15) is 0 Å². The zero-order chi connectivity index (χ0) is 8.69. The van der Waals surface area contributed by atoms with Crippen LogP contribution in [0.3, 0.4) is 0 Å². The number of hydrogen-bond donors (Lipinski definition) is 0. The van der Waals surface area contributed by atoms with Crippen molar-refractivity contribution >= 4 is 0 Å². The molecule has 62 valence electrons. The zero-order valence-electron chi connectivity index (χ0n) is 8.02. The van der Waals surface area contributed by atoms with Crippen LogP contribution in [-0.4, -0.2) is 0 Å². The lowest BCUT2D eigenvalue weighted by Gasteiger charge is -1.93. The van der Waals surface area contributed by atoms with Crippen molar-refractivity contribution in [2.24, 2.45) is 0 Å². The molecule has 0 radical (unpaired) electrons. The van der Waals surface area contributed by atoms with Crippen LogP contribution in [0.4, 0.5) is 0 Å². The highest BCUT2D eigenvalue weighted by Crippen LogP contribution is 2.03. The van der Waals surface area contributed by atoms with Crippen molar-refractivity contribution < 1.29 is 0 Å². The SMILES string of the molecule is C/C=C/C(C)=C/C(C)=C/CC. The maximum Gasteiger partial charge on any atom is -0.0374 e. The molecule has 0 nitrogen and oxygen atoms in total. The molecule has 0 bridgehead atoms. The second kappa shape index (κ2) is 5.96. The quantitative estimate of drug-likeness (QED) is 0.536. The second-order valence-corrected chi connectivity index (χ2v) is 2.74. The van der Waals surface area contributed by atoms with E-state index >= 15 is 0 Å². The van der Waals surface area contributed by atoms with Crippen LogP contribution in [0, 0.1) is 0 Å². The summed E-state index contributed by atoms with van der Waals surface area (Å²) in [5.74, 6) is 0. The Morgan fingerprint density at radius 1 is 1.18 bits per heavy atom. The summed E-state index contributed by atoms with van der Waals surface area (Å²) < 4.78 is 0. The van der Waals surface area contributed by atoms with Gasteiger partial charge in [-0.1, -0.05) is 42.4 Å². The van der Waals surface area contributed by atoms with Crippen LogP contribution in [0.2, 0.25) is 0 Å². The third-order valence-corrected chi connectivity index (χ3v) is 1.41. The third kappa shape index (κ3) is 5.65. The first-order valence-electron chi connectivity index (χ1n) is 4.18. The van der Waals surface area contributed by atoms with Crippen molar-refractivity contribution in [2.45, 2.75) is 34.1 Å². The van der Waals surface area contributed by atoms with E-state index in [0.29, 0.717) is 0 Å². The number of rotatable bonds is 3. The van der Waals surface area contributed by atoms with Gasteiger partial charge in [-0.05, 0) is 27.2 Å². The van der Waals surface area contributed by atoms with Gasteiger partial charge in [0.05, 0.1) is 0 Å². The average molecular weight is 150 g/mol. The molecule has 0 heteroatoms. The largest absolute Gasteiger partial charge is 0.0874 e. The first-order valence-corrected chi connectivity index (χ1v) is 4.18. The van der Waals surface area contributed by atoms with E-state index in [2.05, 4.69) is 45.1 Å². The maximum absolute atomic E-state index is 2.23. The molecule has 0 saturated heterocycles. The summed E-state index contributed by atoms with van der Waals surface area (Å²) in [5, 5.41) is 0. The topological polar surface area (TPSA) is 0 Å². The molecule has 0 N–H and O–H groups in total. The molecule has 0 rings (SSSR count). The predicted molar refractivity (Wildman–Crippen MR) is 52.6 cm³/mol. The van der Waals surface area contributed by atoms with Crippen molar-refractivity contribution in [3.63, 3.8) is 0 Å². The molecular formula is C11H18. The summed E-state index contributed by atoms with van der Waals surface area (Å²) >= 11 is 0. The first kappa shape index (κ1) is 10.2. The van der Waals surface area contributed by atoms with Crippen LogP contribution >= 0.6 is 0 Å². The van der Waals surface area contributed by atoms with Gasteiger partial charge in [0, 0.05) is 0 Å². The van der Waals surface area contributed by atoms with Crippen molar-refractivity contribution in [1.29, 1.82) is 0 Å². The molecule has 11 heavy (non-hydrogen) atoms. The van der Waals surface area contributed by atoms with E-state index in [4.69, 9.17) is 0 Å². The van der Waals surface area contributed by atoms with Gasteiger partial charge in [-0.15, -0.1) is 0 Å². The lowest BCUT2D eigenvalue weighted by Crippen LogP contribution is -1.72. The molecular weight excluding hydrogens is 132 g/mol. The van der Waals surface area contributed by atoms with Gasteiger partial charge >= 0.3 is 0 Å². The molecule has 0 amide bonds.